The SMILES string of the molecule is c1ccc(N(c2ccccc2)c2ccc(-c3ccccc3-c3ccccc3-c3ccc(-n4nc(-c5cccc6ccccc56)cc4-c4cccc5ccccc45)cc3)cc2)cc1. The first-order valence-electron chi connectivity index (χ1n) is 21.1. The molecular weight excluding hydrogens is 751 g/mol. The Bertz CT molecular complexity index is 3280. The molecule has 0 radical (unpaired) electrons. The van der Waals surface area contributed by atoms with Crippen LogP contribution in [0.5, 0.6) is 0 Å². The highest BCUT2D eigenvalue weighted by Gasteiger charge is 2.19. The maximum atomic E-state index is 5.36. The summed E-state index contributed by atoms with van der Waals surface area (Å²) in [6.07, 6.45) is 0. The Hall–Kier alpha value is -8.27. The second-order valence-electron chi connectivity index (χ2n) is 15.6. The minimum absolute atomic E-state index is 0.941. The van der Waals surface area contributed by atoms with E-state index in [0.717, 1.165) is 56.4 Å². The van der Waals surface area contributed by atoms with Crippen LogP contribution < -0.4 is 4.90 Å². The molecule has 3 nitrogen and oxygen atoms in total. The predicted octanol–water partition coefficient (Wildman–Crippen LogP) is 16.0. The molecule has 1 heterocycles. The number of rotatable bonds is 9. The van der Waals surface area contributed by atoms with E-state index in [1.807, 2.05) is 0 Å². The third-order valence-corrected chi connectivity index (χ3v) is 11.9. The van der Waals surface area contributed by atoms with Gasteiger partial charge in [0.2, 0.25) is 0 Å². The fourth-order valence-electron chi connectivity index (χ4n) is 8.91. The van der Waals surface area contributed by atoms with Gasteiger partial charge in [-0.3, -0.25) is 0 Å². The summed E-state index contributed by atoms with van der Waals surface area (Å²) in [6.45, 7) is 0. The molecule has 0 fully saturated rings. The van der Waals surface area contributed by atoms with E-state index in [9.17, 15) is 0 Å². The van der Waals surface area contributed by atoms with Crippen molar-refractivity contribution >= 4 is 38.6 Å². The summed E-state index contributed by atoms with van der Waals surface area (Å²) in [6, 6.07) is 88.8. The smallest absolute Gasteiger partial charge is 0.0940 e. The molecule has 0 atom stereocenters. The van der Waals surface area contributed by atoms with Gasteiger partial charge in [-0.2, -0.15) is 5.10 Å². The minimum atomic E-state index is 0.941. The summed E-state index contributed by atoms with van der Waals surface area (Å²) in [7, 11) is 0. The van der Waals surface area contributed by atoms with Gasteiger partial charge in [0.1, 0.15) is 0 Å². The Kier molecular flexibility index (Phi) is 9.53. The second kappa shape index (κ2) is 16.1. The van der Waals surface area contributed by atoms with Crippen molar-refractivity contribution in [3.8, 4) is 61.6 Å². The van der Waals surface area contributed by atoms with Crippen molar-refractivity contribution < 1.29 is 0 Å². The highest BCUT2D eigenvalue weighted by molar-refractivity contribution is 5.99. The molecule has 0 aliphatic heterocycles. The molecule has 0 bridgehead atoms. The van der Waals surface area contributed by atoms with Crippen molar-refractivity contribution in [1.29, 1.82) is 0 Å². The Balaban J connectivity index is 0.972. The van der Waals surface area contributed by atoms with Crippen LogP contribution in [0.1, 0.15) is 0 Å². The number of fused-ring (bicyclic) bond motifs is 2. The molecule has 292 valence electrons. The first kappa shape index (κ1) is 36.8. The van der Waals surface area contributed by atoms with Crippen molar-refractivity contribution in [3.63, 3.8) is 0 Å². The first-order valence-corrected chi connectivity index (χ1v) is 21.1. The molecule has 62 heavy (non-hydrogen) atoms. The number of hydrogen-bond acceptors (Lipinski definition) is 2. The standard InChI is InChI=1S/C59H41N3/c1-3-21-46(22-4-1)61(47-23-5-2-6-24-47)48-37-33-44(34-38-48)50-25-11-13-29-54(50)55-30-14-12-26-51(55)45-35-39-49(40-36-45)62-59(57-32-16-20-43-18-8-10-28-53(43)57)41-58(60-62)56-31-15-19-42-17-7-9-27-52(42)56/h1-41H. The topological polar surface area (TPSA) is 21.1 Å². The molecule has 0 unspecified atom stereocenters. The van der Waals surface area contributed by atoms with Gasteiger partial charge in [0.15, 0.2) is 0 Å². The van der Waals surface area contributed by atoms with Gasteiger partial charge in [-0.1, -0.05) is 194 Å². The molecule has 1 aromatic heterocycles. The maximum absolute atomic E-state index is 5.36. The van der Waals surface area contributed by atoms with Crippen LogP contribution in [-0.2, 0) is 0 Å². The van der Waals surface area contributed by atoms with E-state index >= 15 is 0 Å². The molecule has 0 spiro atoms. The molecule has 0 aliphatic carbocycles. The fourth-order valence-corrected chi connectivity index (χ4v) is 8.91. The van der Waals surface area contributed by atoms with E-state index in [4.69, 9.17) is 5.10 Å². The lowest BCUT2D eigenvalue weighted by molar-refractivity contribution is 0.893. The predicted molar refractivity (Wildman–Crippen MR) is 260 cm³/mol. The molecular formula is C59H41N3. The van der Waals surface area contributed by atoms with Gasteiger partial charge < -0.3 is 4.90 Å². The van der Waals surface area contributed by atoms with Crippen LogP contribution in [0.2, 0.25) is 0 Å². The summed E-state index contributed by atoms with van der Waals surface area (Å²) in [4.78, 5) is 2.30. The maximum Gasteiger partial charge on any atom is 0.0940 e. The lowest BCUT2D eigenvalue weighted by atomic mass is 9.89. The van der Waals surface area contributed by atoms with E-state index in [2.05, 4.69) is 258 Å². The number of anilines is 3. The number of hydrogen-bond donors (Lipinski definition) is 0. The molecule has 3 heteroatoms. The van der Waals surface area contributed by atoms with E-state index in [1.54, 1.807) is 0 Å². The van der Waals surface area contributed by atoms with Crippen LogP contribution >= 0.6 is 0 Å². The van der Waals surface area contributed by atoms with E-state index < -0.39 is 0 Å². The van der Waals surface area contributed by atoms with E-state index in [-0.39, 0.29) is 0 Å². The molecule has 0 N–H and O–H groups in total. The van der Waals surface area contributed by atoms with Crippen molar-refractivity contribution in [2.75, 3.05) is 4.90 Å². The van der Waals surface area contributed by atoms with Crippen LogP contribution in [0.15, 0.2) is 249 Å². The highest BCUT2D eigenvalue weighted by atomic mass is 15.3. The van der Waals surface area contributed by atoms with Gasteiger partial charge in [0.05, 0.1) is 17.1 Å². The summed E-state index contributed by atoms with van der Waals surface area (Å²) in [5.41, 5.74) is 15.6. The number of aromatic nitrogens is 2. The van der Waals surface area contributed by atoms with Gasteiger partial charge in [0.25, 0.3) is 0 Å². The van der Waals surface area contributed by atoms with Gasteiger partial charge >= 0.3 is 0 Å². The highest BCUT2D eigenvalue weighted by Crippen LogP contribution is 2.41. The Morgan fingerprint density at radius 2 is 0.710 bits per heavy atom. The van der Waals surface area contributed by atoms with Gasteiger partial charge in [-0.25, -0.2) is 4.68 Å². The lowest BCUT2D eigenvalue weighted by Crippen LogP contribution is -2.09. The van der Waals surface area contributed by atoms with Crippen LogP contribution in [0.4, 0.5) is 17.1 Å². The van der Waals surface area contributed by atoms with Crippen molar-refractivity contribution in [1.82, 2.24) is 9.78 Å². The lowest BCUT2D eigenvalue weighted by Gasteiger charge is -2.25. The van der Waals surface area contributed by atoms with Gasteiger partial charge in [0, 0.05) is 28.2 Å². The molecule has 10 aromatic carbocycles. The average molecular weight is 792 g/mol. The summed E-state index contributed by atoms with van der Waals surface area (Å²) in [5.74, 6) is 0. The van der Waals surface area contributed by atoms with Gasteiger partial charge in [-0.15, -0.1) is 0 Å². The fraction of sp³-hybridized carbons (Fsp3) is 0. The van der Waals surface area contributed by atoms with Crippen molar-refractivity contribution in [3.05, 3.63) is 249 Å². The zero-order chi connectivity index (χ0) is 41.2. The van der Waals surface area contributed by atoms with Crippen molar-refractivity contribution in [2.45, 2.75) is 0 Å². The summed E-state index contributed by atoms with van der Waals surface area (Å²) < 4.78 is 2.12. The zero-order valence-electron chi connectivity index (χ0n) is 34.0. The normalized spacial score (nSPS) is 11.2. The van der Waals surface area contributed by atoms with E-state index in [0.29, 0.717) is 0 Å². The van der Waals surface area contributed by atoms with E-state index in [1.165, 1.54) is 43.8 Å². The molecule has 0 saturated carbocycles. The summed E-state index contributed by atoms with van der Waals surface area (Å²) in [5, 5.41) is 10.2. The minimum Gasteiger partial charge on any atom is -0.311 e. The zero-order valence-corrected chi connectivity index (χ0v) is 34.0. The van der Waals surface area contributed by atoms with Crippen LogP contribution in [-0.4, -0.2) is 9.78 Å². The second-order valence-corrected chi connectivity index (χ2v) is 15.6. The molecule has 0 amide bonds. The average Bonchev–Trinajstić information content (AvgIpc) is 3.80. The monoisotopic (exact) mass is 791 g/mol. The van der Waals surface area contributed by atoms with Crippen molar-refractivity contribution in [2.24, 2.45) is 0 Å². The number of benzene rings is 10. The third kappa shape index (κ3) is 6.82. The van der Waals surface area contributed by atoms with Crippen LogP contribution in [0.25, 0.3) is 83.1 Å². The molecule has 11 aromatic rings. The number of para-hydroxylation sites is 2. The summed E-state index contributed by atoms with van der Waals surface area (Å²) >= 11 is 0. The molecule has 0 aliphatic rings. The Morgan fingerprint density at radius 3 is 1.27 bits per heavy atom. The van der Waals surface area contributed by atoms with Crippen LogP contribution in [0.3, 0.4) is 0 Å². The Labute approximate surface area is 362 Å². The quantitative estimate of drug-likeness (QED) is 0.145. The molecule has 0 saturated heterocycles. The van der Waals surface area contributed by atoms with Crippen LogP contribution in [0, 0.1) is 0 Å². The van der Waals surface area contributed by atoms with Gasteiger partial charge in [-0.05, 0) is 110 Å². The third-order valence-electron chi connectivity index (χ3n) is 11.9. The Morgan fingerprint density at radius 1 is 0.306 bits per heavy atom. The molecule has 11 rings (SSSR count). The largest absolute Gasteiger partial charge is 0.311 e. The first-order chi connectivity index (χ1) is 30.8. The number of nitrogens with zero attached hydrogens (tertiary/aromatic N) is 3.